The van der Waals surface area contributed by atoms with Crippen molar-refractivity contribution >= 4 is 23.1 Å². The quantitative estimate of drug-likeness (QED) is 0.319. The summed E-state index contributed by atoms with van der Waals surface area (Å²) in [5, 5.41) is 6.99. The van der Waals surface area contributed by atoms with Crippen LogP contribution < -0.4 is 9.64 Å². The van der Waals surface area contributed by atoms with Gasteiger partial charge in [0.05, 0.1) is 29.7 Å². The molecule has 3 aromatic rings. The fraction of sp³-hybridized carbons (Fsp3) is 0.469. The number of hydrogen-bond acceptors (Lipinski definition) is 5. The van der Waals surface area contributed by atoms with Crippen molar-refractivity contribution in [1.82, 2.24) is 15.0 Å². The van der Waals surface area contributed by atoms with Crippen LogP contribution in [0.2, 0.25) is 0 Å². The lowest BCUT2D eigenvalue weighted by Gasteiger charge is -2.33. The second-order valence-electron chi connectivity index (χ2n) is 11.1. The van der Waals surface area contributed by atoms with Gasteiger partial charge in [-0.05, 0) is 74.9 Å². The molecule has 1 saturated heterocycles. The van der Waals surface area contributed by atoms with Gasteiger partial charge in [-0.1, -0.05) is 31.4 Å². The summed E-state index contributed by atoms with van der Waals surface area (Å²) in [5.74, 6) is 2.12. The number of carbonyl (C=O) groups is 1. The van der Waals surface area contributed by atoms with Gasteiger partial charge in [-0.3, -0.25) is 4.90 Å². The highest BCUT2D eigenvalue weighted by molar-refractivity contribution is 6.14. The summed E-state index contributed by atoms with van der Waals surface area (Å²) >= 11 is 0. The number of aryl methyl sites for hydroxylation is 2. The fourth-order valence-corrected chi connectivity index (χ4v) is 6.11. The highest BCUT2D eigenvalue weighted by atomic mass is 16.5. The summed E-state index contributed by atoms with van der Waals surface area (Å²) in [5.41, 5.74) is 4.98. The maximum absolute atomic E-state index is 14.4. The molecule has 2 aromatic carbocycles. The predicted octanol–water partition coefficient (Wildman–Crippen LogP) is 6.77. The Hall–Kier alpha value is -3.65. The van der Waals surface area contributed by atoms with Crippen LogP contribution in [0.5, 0.6) is 5.75 Å². The minimum Gasteiger partial charge on any atom is -0.494 e. The molecule has 0 unspecified atom stereocenters. The zero-order chi connectivity index (χ0) is 27.3. The van der Waals surface area contributed by atoms with Crippen LogP contribution in [0.1, 0.15) is 68.3 Å². The van der Waals surface area contributed by atoms with Crippen molar-refractivity contribution in [2.45, 2.75) is 70.8 Å². The topological polar surface area (TPSA) is 83.0 Å². The average molecular weight is 542 g/mol. The van der Waals surface area contributed by atoms with E-state index in [2.05, 4.69) is 35.1 Å². The summed E-state index contributed by atoms with van der Waals surface area (Å²) in [4.78, 5) is 23.7. The Balaban J connectivity index is 1.30. The van der Waals surface area contributed by atoms with Crippen molar-refractivity contribution in [2.75, 3.05) is 24.7 Å². The van der Waals surface area contributed by atoms with Crippen molar-refractivity contribution in [3.63, 3.8) is 0 Å². The number of aromatic amines is 1. The van der Waals surface area contributed by atoms with Crippen molar-refractivity contribution < 1.29 is 14.3 Å². The van der Waals surface area contributed by atoms with E-state index in [1.54, 1.807) is 11.2 Å². The van der Waals surface area contributed by atoms with Crippen molar-refractivity contribution in [3.8, 4) is 5.75 Å². The second-order valence-corrected chi connectivity index (χ2v) is 11.1. The lowest BCUT2D eigenvalue weighted by molar-refractivity contribution is 0.0480. The standard InChI is InChI=1S/C32H39N5O3/c1-23-9-14-28-29(22-23)36(25-10-12-27(13-11-25)40-19-5-8-30-33-17-18-34-30)32(38)37(26-15-20-39-21-16-26)35-31(28)24-6-3-2-4-7-24/h9-14,17-18,22,24,26H,2-8,15-16,19-21H2,1H3,(H,33,34). The number of rotatable bonds is 8. The Labute approximate surface area is 236 Å². The average Bonchev–Trinajstić information content (AvgIpc) is 3.48. The normalized spacial score (nSPS) is 18.8. The molecule has 210 valence electrons. The lowest BCUT2D eigenvalue weighted by Crippen LogP contribution is -2.45. The summed E-state index contributed by atoms with van der Waals surface area (Å²) in [6.07, 6.45) is 12.8. The molecule has 8 nitrogen and oxygen atoms in total. The number of fused-ring (bicyclic) bond motifs is 1. The molecule has 1 aliphatic carbocycles. The number of nitrogens with zero attached hydrogens (tertiary/aromatic N) is 4. The number of benzene rings is 2. The van der Waals surface area contributed by atoms with E-state index in [1.807, 2.05) is 35.4 Å². The third-order valence-electron chi connectivity index (χ3n) is 8.28. The Morgan fingerprint density at radius 1 is 1.02 bits per heavy atom. The van der Waals surface area contributed by atoms with Crippen LogP contribution in [0.4, 0.5) is 16.2 Å². The molecule has 0 radical (unpaired) electrons. The van der Waals surface area contributed by atoms with E-state index in [1.165, 1.54) is 19.3 Å². The van der Waals surface area contributed by atoms with Crippen molar-refractivity contribution in [3.05, 3.63) is 71.8 Å². The van der Waals surface area contributed by atoms with E-state index < -0.39 is 0 Å². The summed E-state index contributed by atoms with van der Waals surface area (Å²) in [6.45, 7) is 3.99. The zero-order valence-electron chi connectivity index (χ0n) is 23.3. The molecule has 1 aromatic heterocycles. The van der Waals surface area contributed by atoms with Gasteiger partial charge in [-0.15, -0.1) is 0 Å². The van der Waals surface area contributed by atoms with Crippen LogP contribution >= 0.6 is 0 Å². The molecule has 2 amide bonds. The molecule has 40 heavy (non-hydrogen) atoms. The summed E-state index contributed by atoms with van der Waals surface area (Å²) in [7, 11) is 0. The maximum atomic E-state index is 14.4. The van der Waals surface area contributed by atoms with Crippen molar-refractivity contribution in [1.29, 1.82) is 0 Å². The van der Waals surface area contributed by atoms with Crippen LogP contribution in [0.3, 0.4) is 0 Å². The first kappa shape index (κ1) is 26.6. The van der Waals surface area contributed by atoms with Gasteiger partial charge in [0, 0.05) is 43.5 Å². The highest BCUT2D eigenvalue weighted by Gasteiger charge is 2.37. The molecule has 8 heteroatoms. The van der Waals surface area contributed by atoms with E-state index >= 15 is 0 Å². The smallest absolute Gasteiger partial charge is 0.349 e. The molecule has 2 fully saturated rings. The van der Waals surface area contributed by atoms with Gasteiger partial charge in [-0.2, -0.15) is 5.10 Å². The Bertz CT molecular complexity index is 1310. The predicted molar refractivity (Wildman–Crippen MR) is 156 cm³/mol. The first-order valence-electron chi connectivity index (χ1n) is 14.8. The largest absolute Gasteiger partial charge is 0.494 e. The van der Waals surface area contributed by atoms with E-state index in [0.29, 0.717) is 25.7 Å². The molecule has 0 spiro atoms. The number of hydrogen-bond donors (Lipinski definition) is 1. The van der Waals surface area contributed by atoms with Gasteiger partial charge in [-0.25, -0.2) is 14.8 Å². The molecule has 0 atom stereocenters. The Kier molecular flexibility index (Phi) is 8.14. The Morgan fingerprint density at radius 3 is 2.58 bits per heavy atom. The molecular weight excluding hydrogens is 502 g/mol. The maximum Gasteiger partial charge on any atom is 0.349 e. The Morgan fingerprint density at radius 2 is 1.82 bits per heavy atom. The molecule has 6 rings (SSSR count). The molecule has 1 saturated carbocycles. The van der Waals surface area contributed by atoms with Gasteiger partial charge < -0.3 is 14.5 Å². The number of anilines is 2. The van der Waals surface area contributed by atoms with Crippen molar-refractivity contribution in [2.24, 2.45) is 11.0 Å². The first-order valence-corrected chi connectivity index (χ1v) is 14.8. The first-order chi connectivity index (χ1) is 19.7. The second kappa shape index (κ2) is 12.3. The minimum atomic E-state index is -0.100. The van der Waals surface area contributed by atoms with E-state index in [9.17, 15) is 4.79 Å². The van der Waals surface area contributed by atoms with Crippen LogP contribution in [0.25, 0.3) is 0 Å². The number of carbonyl (C=O) groups excluding carboxylic acids is 1. The number of imidazole rings is 1. The van der Waals surface area contributed by atoms with Crippen LogP contribution in [0.15, 0.2) is 60.0 Å². The van der Waals surface area contributed by atoms with Crippen LogP contribution in [-0.4, -0.2) is 52.6 Å². The number of urea groups is 1. The minimum absolute atomic E-state index is 0.0227. The molecule has 3 heterocycles. The van der Waals surface area contributed by atoms with E-state index in [0.717, 1.165) is 78.3 Å². The number of hydrazone groups is 1. The van der Waals surface area contributed by atoms with E-state index in [-0.39, 0.29) is 12.1 Å². The number of H-pyrrole nitrogens is 1. The van der Waals surface area contributed by atoms with Gasteiger partial charge >= 0.3 is 6.03 Å². The van der Waals surface area contributed by atoms with Crippen LogP contribution in [-0.2, 0) is 11.2 Å². The van der Waals surface area contributed by atoms with Gasteiger partial charge in [0.1, 0.15) is 11.6 Å². The van der Waals surface area contributed by atoms with E-state index in [4.69, 9.17) is 14.6 Å². The summed E-state index contributed by atoms with van der Waals surface area (Å²) in [6, 6.07) is 14.3. The SMILES string of the molecule is Cc1ccc2c(c1)N(c1ccc(OCCCc3ncc[nH]3)cc1)C(=O)N(C1CCOCC1)N=C2C1CCCCC1. The molecule has 0 bridgehead atoms. The lowest BCUT2D eigenvalue weighted by atomic mass is 9.82. The highest BCUT2D eigenvalue weighted by Crippen LogP contribution is 2.39. The number of nitrogens with one attached hydrogen (secondary N) is 1. The number of aromatic nitrogens is 2. The molecular formula is C32H39N5O3. The third-order valence-corrected chi connectivity index (χ3v) is 8.28. The van der Waals surface area contributed by atoms with Crippen LogP contribution in [0, 0.1) is 12.8 Å². The van der Waals surface area contributed by atoms with Gasteiger partial charge in [0.2, 0.25) is 0 Å². The van der Waals surface area contributed by atoms with Gasteiger partial charge in [0.15, 0.2) is 0 Å². The molecule has 3 aliphatic rings. The fourth-order valence-electron chi connectivity index (χ4n) is 6.11. The zero-order valence-corrected chi connectivity index (χ0v) is 23.3. The van der Waals surface area contributed by atoms with Gasteiger partial charge in [0.25, 0.3) is 0 Å². The monoisotopic (exact) mass is 541 g/mol. The number of amides is 2. The molecule has 2 aliphatic heterocycles. The third kappa shape index (κ3) is 5.77. The number of ether oxygens (including phenoxy) is 2. The summed E-state index contributed by atoms with van der Waals surface area (Å²) < 4.78 is 11.7. The molecule has 1 N–H and O–H groups in total.